The molecule has 0 spiro atoms. The molecule has 1 aromatic heterocycles. The third kappa shape index (κ3) is 2.89. The molecule has 0 fully saturated rings. The Bertz CT molecular complexity index is 441. The second kappa shape index (κ2) is 5.03. The van der Waals surface area contributed by atoms with Gasteiger partial charge in [0.05, 0.1) is 6.54 Å². The number of aliphatic carboxylic acids is 1. The summed E-state index contributed by atoms with van der Waals surface area (Å²) in [4.78, 5) is 23.3. The third-order valence-corrected chi connectivity index (χ3v) is 1.85. The fourth-order valence-corrected chi connectivity index (χ4v) is 1.18. The fourth-order valence-electron chi connectivity index (χ4n) is 1.18. The quantitative estimate of drug-likeness (QED) is 0.761. The van der Waals surface area contributed by atoms with Crippen molar-refractivity contribution in [3.05, 3.63) is 23.7 Å². The molecule has 84 valence electrons. The number of amides is 1. The van der Waals surface area contributed by atoms with E-state index < -0.39 is 18.4 Å². The SMILES string of the molecule is C#CCN(CC(=O)O)C(=O)c1ccc(C)o1. The summed E-state index contributed by atoms with van der Waals surface area (Å²) in [7, 11) is 0. The molecule has 0 aliphatic rings. The molecule has 1 N–H and O–H groups in total. The maximum Gasteiger partial charge on any atom is 0.323 e. The van der Waals surface area contributed by atoms with Crippen molar-refractivity contribution in [3.8, 4) is 12.3 Å². The Kier molecular flexibility index (Phi) is 3.72. The first-order valence-corrected chi connectivity index (χ1v) is 4.55. The summed E-state index contributed by atoms with van der Waals surface area (Å²) in [5.41, 5.74) is 0. The zero-order valence-corrected chi connectivity index (χ0v) is 8.77. The Morgan fingerprint density at radius 1 is 1.56 bits per heavy atom. The number of carboxylic acids is 1. The van der Waals surface area contributed by atoms with Crippen LogP contribution in [0, 0.1) is 19.3 Å². The van der Waals surface area contributed by atoms with E-state index in [0.717, 1.165) is 4.90 Å². The molecule has 5 heteroatoms. The van der Waals surface area contributed by atoms with Crippen molar-refractivity contribution >= 4 is 11.9 Å². The highest BCUT2D eigenvalue weighted by Gasteiger charge is 2.20. The highest BCUT2D eigenvalue weighted by Crippen LogP contribution is 2.09. The molecule has 0 unspecified atom stereocenters. The predicted molar refractivity (Wildman–Crippen MR) is 55.8 cm³/mol. The molecule has 0 aliphatic carbocycles. The maximum atomic E-state index is 11.8. The van der Waals surface area contributed by atoms with Gasteiger partial charge in [-0.1, -0.05) is 5.92 Å². The smallest absolute Gasteiger partial charge is 0.323 e. The minimum atomic E-state index is -1.12. The molecular weight excluding hydrogens is 210 g/mol. The molecular formula is C11H11NO4. The molecule has 0 saturated carbocycles. The molecule has 0 radical (unpaired) electrons. The first-order chi connectivity index (χ1) is 7.54. The predicted octanol–water partition coefficient (Wildman–Crippen LogP) is 0.748. The van der Waals surface area contributed by atoms with E-state index in [1.165, 1.54) is 6.07 Å². The molecule has 1 amide bonds. The summed E-state index contributed by atoms with van der Waals surface area (Å²) in [5.74, 6) is 1.27. The minimum Gasteiger partial charge on any atom is -0.480 e. The van der Waals surface area contributed by atoms with Crippen molar-refractivity contribution < 1.29 is 19.1 Å². The van der Waals surface area contributed by atoms with Gasteiger partial charge in [0.2, 0.25) is 0 Å². The summed E-state index contributed by atoms with van der Waals surface area (Å²) < 4.78 is 5.10. The van der Waals surface area contributed by atoms with Crippen LogP contribution in [0.3, 0.4) is 0 Å². The van der Waals surface area contributed by atoms with Crippen LogP contribution in [0.4, 0.5) is 0 Å². The molecule has 1 aromatic rings. The van der Waals surface area contributed by atoms with Gasteiger partial charge < -0.3 is 14.4 Å². The van der Waals surface area contributed by atoms with Crippen LogP contribution >= 0.6 is 0 Å². The van der Waals surface area contributed by atoms with E-state index in [0.29, 0.717) is 5.76 Å². The van der Waals surface area contributed by atoms with Gasteiger partial charge >= 0.3 is 5.97 Å². The lowest BCUT2D eigenvalue weighted by Gasteiger charge is -2.15. The van der Waals surface area contributed by atoms with Crippen LogP contribution in [0.15, 0.2) is 16.5 Å². The van der Waals surface area contributed by atoms with Crippen LogP contribution in [-0.4, -0.2) is 35.0 Å². The van der Waals surface area contributed by atoms with Gasteiger partial charge in [0.15, 0.2) is 5.76 Å². The van der Waals surface area contributed by atoms with E-state index in [9.17, 15) is 9.59 Å². The molecule has 0 bridgehead atoms. The Morgan fingerprint density at radius 3 is 2.69 bits per heavy atom. The van der Waals surface area contributed by atoms with Crippen LogP contribution in [0.1, 0.15) is 16.3 Å². The van der Waals surface area contributed by atoms with Gasteiger partial charge in [0.25, 0.3) is 5.91 Å². The fraction of sp³-hybridized carbons (Fsp3) is 0.273. The zero-order chi connectivity index (χ0) is 12.1. The summed E-state index contributed by atoms with van der Waals surface area (Å²) in [5, 5.41) is 8.62. The van der Waals surface area contributed by atoms with E-state index in [2.05, 4.69) is 5.92 Å². The first-order valence-electron chi connectivity index (χ1n) is 4.55. The van der Waals surface area contributed by atoms with Crippen molar-refractivity contribution in [3.63, 3.8) is 0 Å². The average Bonchev–Trinajstić information content (AvgIpc) is 2.62. The standard InChI is InChI=1S/C11H11NO4/c1-3-6-12(7-10(13)14)11(15)9-5-4-8(2)16-9/h1,4-5H,6-7H2,2H3,(H,13,14). The van der Waals surface area contributed by atoms with E-state index >= 15 is 0 Å². The number of carbonyl (C=O) groups excluding carboxylic acids is 1. The van der Waals surface area contributed by atoms with Gasteiger partial charge in [0.1, 0.15) is 12.3 Å². The lowest BCUT2D eigenvalue weighted by atomic mass is 10.3. The van der Waals surface area contributed by atoms with Crippen LogP contribution in [-0.2, 0) is 4.79 Å². The van der Waals surface area contributed by atoms with Crippen molar-refractivity contribution in [1.82, 2.24) is 4.90 Å². The lowest BCUT2D eigenvalue weighted by molar-refractivity contribution is -0.137. The molecule has 0 aliphatic heterocycles. The normalized spacial score (nSPS) is 9.50. The Balaban J connectivity index is 2.83. The lowest BCUT2D eigenvalue weighted by Crippen LogP contribution is -2.35. The Morgan fingerprint density at radius 2 is 2.25 bits per heavy atom. The number of terminal acetylenes is 1. The number of carbonyl (C=O) groups is 2. The van der Waals surface area contributed by atoms with Crippen molar-refractivity contribution in [2.75, 3.05) is 13.1 Å². The van der Waals surface area contributed by atoms with E-state index in [1.807, 2.05) is 0 Å². The summed E-state index contributed by atoms with van der Waals surface area (Å²) in [6.45, 7) is 1.19. The topological polar surface area (TPSA) is 70.8 Å². The number of rotatable bonds is 4. The summed E-state index contributed by atoms with van der Waals surface area (Å²) in [6, 6.07) is 3.12. The van der Waals surface area contributed by atoms with Gasteiger partial charge in [-0.15, -0.1) is 6.42 Å². The number of nitrogens with zero attached hydrogens (tertiary/aromatic N) is 1. The monoisotopic (exact) mass is 221 g/mol. The minimum absolute atomic E-state index is 0.0646. The van der Waals surface area contributed by atoms with Gasteiger partial charge in [-0.2, -0.15) is 0 Å². The molecule has 0 saturated heterocycles. The van der Waals surface area contributed by atoms with Gasteiger partial charge in [0, 0.05) is 0 Å². The number of furan rings is 1. The van der Waals surface area contributed by atoms with Crippen LogP contribution in [0.2, 0.25) is 0 Å². The number of hydrogen-bond donors (Lipinski definition) is 1. The van der Waals surface area contributed by atoms with Gasteiger partial charge in [-0.05, 0) is 19.1 Å². The average molecular weight is 221 g/mol. The van der Waals surface area contributed by atoms with Crippen LogP contribution in [0.25, 0.3) is 0 Å². The molecule has 0 aromatic carbocycles. The second-order valence-electron chi connectivity index (χ2n) is 3.17. The highest BCUT2D eigenvalue weighted by atomic mass is 16.4. The molecule has 5 nitrogen and oxygen atoms in total. The maximum absolute atomic E-state index is 11.8. The number of carboxylic acid groups (broad SMARTS) is 1. The van der Waals surface area contributed by atoms with E-state index in [1.54, 1.807) is 13.0 Å². The van der Waals surface area contributed by atoms with Crippen molar-refractivity contribution in [1.29, 1.82) is 0 Å². The molecule has 0 atom stereocenters. The Labute approximate surface area is 92.7 Å². The van der Waals surface area contributed by atoms with E-state index in [4.69, 9.17) is 15.9 Å². The van der Waals surface area contributed by atoms with Gasteiger partial charge in [-0.3, -0.25) is 9.59 Å². The number of aryl methyl sites for hydroxylation is 1. The van der Waals surface area contributed by atoms with Gasteiger partial charge in [-0.25, -0.2) is 0 Å². The second-order valence-corrected chi connectivity index (χ2v) is 3.17. The van der Waals surface area contributed by atoms with Crippen LogP contribution in [0.5, 0.6) is 0 Å². The van der Waals surface area contributed by atoms with E-state index in [-0.39, 0.29) is 12.3 Å². The Hall–Kier alpha value is -2.22. The highest BCUT2D eigenvalue weighted by molar-refractivity contribution is 5.93. The zero-order valence-electron chi connectivity index (χ0n) is 8.77. The van der Waals surface area contributed by atoms with Crippen molar-refractivity contribution in [2.45, 2.75) is 6.92 Å². The molecule has 1 rings (SSSR count). The molecule has 1 heterocycles. The summed E-state index contributed by atoms with van der Waals surface area (Å²) in [6.07, 6.45) is 5.06. The summed E-state index contributed by atoms with van der Waals surface area (Å²) >= 11 is 0. The first kappa shape index (κ1) is 11.9. The number of hydrogen-bond acceptors (Lipinski definition) is 3. The van der Waals surface area contributed by atoms with Crippen molar-refractivity contribution in [2.24, 2.45) is 0 Å². The largest absolute Gasteiger partial charge is 0.480 e. The molecule has 16 heavy (non-hydrogen) atoms. The third-order valence-electron chi connectivity index (χ3n) is 1.85. The van der Waals surface area contributed by atoms with Crippen LogP contribution < -0.4 is 0 Å².